The van der Waals surface area contributed by atoms with Crippen molar-refractivity contribution in [2.75, 3.05) is 6.54 Å². The maximum Gasteiger partial charge on any atom is 0.140 e. The van der Waals surface area contributed by atoms with E-state index in [1.807, 2.05) is 0 Å². The average Bonchev–Trinajstić information content (AvgIpc) is 1.78. The zero-order valence-corrected chi connectivity index (χ0v) is 7.62. The van der Waals surface area contributed by atoms with E-state index in [0.29, 0.717) is 10.4 Å². The SMILES string of the molecule is CC(C)(C)SC1CC[NH+]1[O-]. The maximum absolute atomic E-state index is 10.9. The Bertz CT molecular complexity index is 121. The number of quaternary nitrogens is 1. The Hall–Kier alpha value is 0.270. The van der Waals surface area contributed by atoms with Crippen LogP contribution in [-0.2, 0) is 0 Å². The Morgan fingerprint density at radius 3 is 2.20 bits per heavy atom. The van der Waals surface area contributed by atoms with Crippen molar-refractivity contribution >= 4 is 11.8 Å². The van der Waals surface area contributed by atoms with Crippen molar-refractivity contribution < 1.29 is 5.06 Å². The molecule has 1 aliphatic rings. The van der Waals surface area contributed by atoms with Gasteiger partial charge in [0, 0.05) is 4.75 Å². The molecule has 2 unspecified atom stereocenters. The summed E-state index contributed by atoms with van der Waals surface area (Å²) in [6.07, 6.45) is 1.10. The van der Waals surface area contributed by atoms with Crippen LogP contribution >= 0.6 is 11.8 Å². The van der Waals surface area contributed by atoms with E-state index in [1.54, 1.807) is 11.8 Å². The van der Waals surface area contributed by atoms with Crippen LogP contribution in [0.15, 0.2) is 0 Å². The summed E-state index contributed by atoms with van der Waals surface area (Å²) in [4.78, 5) is 0. The Morgan fingerprint density at radius 1 is 1.50 bits per heavy atom. The monoisotopic (exact) mass is 161 g/mol. The summed E-state index contributed by atoms with van der Waals surface area (Å²) in [5, 5.41) is 11.7. The highest BCUT2D eigenvalue weighted by atomic mass is 32.2. The maximum atomic E-state index is 10.9. The molecule has 0 saturated carbocycles. The molecule has 10 heavy (non-hydrogen) atoms. The van der Waals surface area contributed by atoms with Gasteiger partial charge < -0.3 is 10.3 Å². The van der Waals surface area contributed by atoms with Gasteiger partial charge in [0.05, 0.1) is 13.0 Å². The standard InChI is InChI=1S/C7H15NOS/c1-7(2,3)10-6-4-5-8(6)9/h6,8H,4-5H2,1-3H3. The number of hydroxylamine groups is 2. The van der Waals surface area contributed by atoms with Crippen LogP contribution in [0.25, 0.3) is 0 Å². The van der Waals surface area contributed by atoms with Crippen molar-refractivity contribution in [3.63, 3.8) is 0 Å². The number of nitrogens with one attached hydrogen (secondary N) is 1. The van der Waals surface area contributed by atoms with Gasteiger partial charge in [0.2, 0.25) is 0 Å². The van der Waals surface area contributed by atoms with Crippen LogP contribution in [-0.4, -0.2) is 16.7 Å². The van der Waals surface area contributed by atoms with E-state index in [1.165, 1.54) is 0 Å². The number of rotatable bonds is 1. The molecule has 0 aromatic carbocycles. The molecule has 1 N–H and O–H groups in total. The van der Waals surface area contributed by atoms with E-state index in [0.717, 1.165) is 13.0 Å². The quantitative estimate of drug-likeness (QED) is 0.571. The van der Waals surface area contributed by atoms with Gasteiger partial charge in [0.25, 0.3) is 0 Å². The first kappa shape index (κ1) is 8.37. The highest BCUT2D eigenvalue weighted by Crippen LogP contribution is 2.28. The van der Waals surface area contributed by atoms with E-state index in [9.17, 15) is 5.21 Å². The minimum atomic E-state index is 0.251. The molecule has 0 bridgehead atoms. The van der Waals surface area contributed by atoms with Crippen LogP contribution in [0.2, 0.25) is 0 Å². The molecule has 2 atom stereocenters. The van der Waals surface area contributed by atoms with Gasteiger partial charge in [0.15, 0.2) is 0 Å². The van der Waals surface area contributed by atoms with Gasteiger partial charge >= 0.3 is 0 Å². The molecule has 0 radical (unpaired) electrons. The first-order valence-corrected chi connectivity index (χ1v) is 4.57. The Balaban J connectivity index is 2.26. The fraction of sp³-hybridized carbons (Fsp3) is 1.00. The summed E-state index contributed by atoms with van der Waals surface area (Å²) in [5.74, 6) is 0. The lowest BCUT2D eigenvalue weighted by molar-refractivity contribution is -0.902. The van der Waals surface area contributed by atoms with Crippen molar-refractivity contribution in [3.05, 3.63) is 5.21 Å². The predicted octanol–water partition coefficient (Wildman–Crippen LogP) is 0.631. The second-order valence-electron chi connectivity index (χ2n) is 3.72. The highest BCUT2D eigenvalue weighted by Gasteiger charge is 2.31. The zero-order chi connectivity index (χ0) is 7.78. The fourth-order valence-corrected chi connectivity index (χ4v) is 2.27. The molecule has 2 nitrogen and oxygen atoms in total. The molecular formula is C7H15NOS. The summed E-state index contributed by atoms with van der Waals surface area (Å²) in [6.45, 7) is 7.28. The van der Waals surface area contributed by atoms with E-state index < -0.39 is 0 Å². The summed E-state index contributed by atoms with van der Waals surface area (Å²) >= 11 is 1.80. The zero-order valence-electron chi connectivity index (χ0n) is 6.81. The van der Waals surface area contributed by atoms with Crippen LogP contribution in [0.1, 0.15) is 27.2 Å². The summed E-state index contributed by atoms with van der Waals surface area (Å²) in [6, 6.07) is 0. The van der Waals surface area contributed by atoms with Gasteiger partial charge in [-0.1, -0.05) is 32.5 Å². The normalized spacial score (nSPS) is 33.6. The molecule has 0 aromatic heterocycles. The number of hydrogen-bond acceptors (Lipinski definition) is 2. The average molecular weight is 161 g/mol. The lowest BCUT2D eigenvalue weighted by Crippen LogP contribution is -3.17. The molecule has 1 rings (SSSR count). The van der Waals surface area contributed by atoms with Crippen molar-refractivity contribution in [2.24, 2.45) is 0 Å². The molecule has 0 spiro atoms. The Morgan fingerprint density at radius 2 is 2.10 bits per heavy atom. The van der Waals surface area contributed by atoms with Gasteiger partial charge in [-0.25, -0.2) is 0 Å². The smallest absolute Gasteiger partial charge is 0.140 e. The fourth-order valence-electron chi connectivity index (χ4n) is 0.931. The number of hydrogen-bond donors (Lipinski definition) is 1. The molecule has 1 fully saturated rings. The van der Waals surface area contributed by atoms with Gasteiger partial charge in [-0.3, -0.25) is 0 Å². The van der Waals surface area contributed by atoms with Crippen molar-refractivity contribution in [1.29, 1.82) is 0 Å². The van der Waals surface area contributed by atoms with Crippen molar-refractivity contribution in [1.82, 2.24) is 0 Å². The second-order valence-corrected chi connectivity index (χ2v) is 5.75. The lowest BCUT2D eigenvalue weighted by atomic mass is 10.2. The van der Waals surface area contributed by atoms with Crippen molar-refractivity contribution in [2.45, 2.75) is 37.3 Å². The van der Waals surface area contributed by atoms with Crippen LogP contribution in [0.5, 0.6) is 0 Å². The van der Waals surface area contributed by atoms with Gasteiger partial charge in [0.1, 0.15) is 5.37 Å². The molecular weight excluding hydrogens is 146 g/mol. The first-order chi connectivity index (χ1) is 4.49. The van der Waals surface area contributed by atoms with Crippen LogP contribution in [0.4, 0.5) is 0 Å². The molecule has 60 valence electrons. The topological polar surface area (TPSA) is 27.5 Å². The van der Waals surface area contributed by atoms with E-state index in [-0.39, 0.29) is 4.75 Å². The molecule has 0 aliphatic carbocycles. The van der Waals surface area contributed by atoms with E-state index >= 15 is 0 Å². The molecule has 1 saturated heterocycles. The highest BCUT2D eigenvalue weighted by molar-refractivity contribution is 8.01. The van der Waals surface area contributed by atoms with Crippen LogP contribution in [0, 0.1) is 5.21 Å². The largest absolute Gasteiger partial charge is 0.633 e. The Labute approximate surface area is 66.6 Å². The lowest BCUT2D eigenvalue weighted by Gasteiger charge is -2.42. The second kappa shape index (κ2) is 2.72. The first-order valence-electron chi connectivity index (χ1n) is 3.69. The summed E-state index contributed by atoms with van der Waals surface area (Å²) < 4.78 is 0.251. The minimum Gasteiger partial charge on any atom is -0.633 e. The third-order valence-electron chi connectivity index (χ3n) is 1.51. The third-order valence-corrected chi connectivity index (χ3v) is 3.00. The number of thioether (sulfide) groups is 1. The summed E-state index contributed by atoms with van der Waals surface area (Å²) in [7, 11) is 0. The van der Waals surface area contributed by atoms with Gasteiger partial charge in [-0.05, 0) is 0 Å². The van der Waals surface area contributed by atoms with E-state index in [2.05, 4.69) is 20.8 Å². The molecule has 1 aliphatic heterocycles. The summed E-state index contributed by atoms with van der Waals surface area (Å²) in [5.41, 5.74) is 0. The van der Waals surface area contributed by atoms with E-state index in [4.69, 9.17) is 0 Å². The van der Waals surface area contributed by atoms with Gasteiger partial charge in [-0.2, -0.15) is 0 Å². The molecule has 0 aromatic rings. The Kier molecular flexibility index (Phi) is 2.28. The van der Waals surface area contributed by atoms with Gasteiger partial charge in [-0.15, -0.1) is 0 Å². The molecule has 3 heteroatoms. The van der Waals surface area contributed by atoms with Crippen LogP contribution in [0.3, 0.4) is 0 Å². The van der Waals surface area contributed by atoms with Crippen molar-refractivity contribution in [3.8, 4) is 0 Å². The third kappa shape index (κ3) is 2.15. The molecule has 0 amide bonds. The van der Waals surface area contributed by atoms with Crippen LogP contribution < -0.4 is 5.06 Å². The minimum absolute atomic E-state index is 0.251. The molecule has 1 heterocycles. The predicted molar refractivity (Wildman–Crippen MR) is 44.9 cm³/mol.